The van der Waals surface area contributed by atoms with Gasteiger partial charge in [-0.25, -0.2) is 13.6 Å². The number of carboxylic acid groups (broad SMARTS) is 1. The number of aryl methyl sites for hydroxylation is 1. The Morgan fingerprint density at radius 1 is 1.31 bits per heavy atom. The maximum Gasteiger partial charge on any atom is 0.341 e. The molecule has 2 fully saturated rings. The lowest BCUT2D eigenvalue weighted by Gasteiger charge is -2.21. The van der Waals surface area contributed by atoms with Gasteiger partial charge in [-0.05, 0) is 64.0 Å². The highest BCUT2D eigenvalue weighted by Crippen LogP contribution is 2.40. The molecule has 1 saturated heterocycles. The van der Waals surface area contributed by atoms with Gasteiger partial charge in [-0.3, -0.25) is 4.79 Å². The molecule has 2 aromatic rings. The fourth-order valence-electron chi connectivity index (χ4n) is 4.70. The Hall–Kier alpha value is -2.28. The predicted octanol–water partition coefficient (Wildman–Crippen LogP) is 3.95. The van der Waals surface area contributed by atoms with Crippen molar-refractivity contribution < 1.29 is 18.7 Å². The average molecular weight is 404 g/mol. The molecule has 156 valence electrons. The van der Waals surface area contributed by atoms with E-state index >= 15 is 0 Å². The monoisotopic (exact) mass is 404 g/mol. The molecule has 1 aromatic carbocycles. The van der Waals surface area contributed by atoms with E-state index < -0.39 is 23.0 Å². The second kappa shape index (κ2) is 7.86. The van der Waals surface area contributed by atoms with Gasteiger partial charge in [0.05, 0.1) is 5.52 Å². The van der Waals surface area contributed by atoms with Crippen LogP contribution in [0.25, 0.3) is 10.9 Å². The fraction of sp³-hybridized carbons (Fsp3) is 0.545. The molecular weight excluding hydrogens is 378 g/mol. The Kier molecular flexibility index (Phi) is 5.42. The van der Waals surface area contributed by atoms with Crippen molar-refractivity contribution in [3.63, 3.8) is 0 Å². The number of hydrogen-bond donors (Lipinski definition) is 2. The standard InChI is InChI=1S/C22H26F2N2O3/c1-2-17-18(22(28)29)21(27)15-11-16(23)19(24)14(20(15)26(17)13-8-9-13)7-3-5-12-6-4-10-25-12/h11-13,25H,2-10H2,1H3,(H,28,29)/t12-/m1/s1. The van der Waals surface area contributed by atoms with Crippen LogP contribution in [0.3, 0.4) is 0 Å². The van der Waals surface area contributed by atoms with Gasteiger partial charge in [0.25, 0.3) is 0 Å². The number of fused-ring (bicyclic) bond motifs is 1. The number of nitrogens with one attached hydrogen (secondary N) is 1. The zero-order valence-corrected chi connectivity index (χ0v) is 16.6. The van der Waals surface area contributed by atoms with Crippen LogP contribution in [0.2, 0.25) is 0 Å². The molecule has 5 nitrogen and oxygen atoms in total. The summed E-state index contributed by atoms with van der Waals surface area (Å²) in [5.41, 5.74) is -0.0497. The molecule has 1 saturated carbocycles. The summed E-state index contributed by atoms with van der Waals surface area (Å²) in [4.78, 5) is 24.8. The topological polar surface area (TPSA) is 71.3 Å². The van der Waals surface area contributed by atoms with Crippen molar-refractivity contribution in [1.82, 2.24) is 9.88 Å². The number of rotatable bonds is 7. The highest BCUT2D eigenvalue weighted by Gasteiger charge is 2.32. The summed E-state index contributed by atoms with van der Waals surface area (Å²) >= 11 is 0. The third kappa shape index (κ3) is 3.56. The molecule has 1 atom stereocenters. The summed E-state index contributed by atoms with van der Waals surface area (Å²) in [6.07, 6.45) is 6.09. The lowest BCUT2D eigenvalue weighted by molar-refractivity contribution is 0.0693. The predicted molar refractivity (Wildman–Crippen MR) is 107 cm³/mol. The largest absolute Gasteiger partial charge is 0.477 e. The maximum absolute atomic E-state index is 14.9. The fourth-order valence-corrected chi connectivity index (χ4v) is 4.70. The minimum absolute atomic E-state index is 0.0283. The van der Waals surface area contributed by atoms with Gasteiger partial charge in [-0.2, -0.15) is 0 Å². The molecule has 0 radical (unpaired) electrons. The van der Waals surface area contributed by atoms with Crippen molar-refractivity contribution >= 4 is 16.9 Å². The molecule has 2 heterocycles. The molecule has 0 unspecified atom stereocenters. The van der Waals surface area contributed by atoms with E-state index in [9.17, 15) is 23.5 Å². The first-order valence-corrected chi connectivity index (χ1v) is 10.5. The Morgan fingerprint density at radius 2 is 2.07 bits per heavy atom. The number of aromatic carboxylic acids is 1. The first-order chi connectivity index (χ1) is 13.9. The van der Waals surface area contributed by atoms with E-state index in [0.29, 0.717) is 36.5 Å². The average Bonchev–Trinajstić information content (AvgIpc) is 3.39. The van der Waals surface area contributed by atoms with Crippen molar-refractivity contribution in [3.8, 4) is 0 Å². The first kappa shape index (κ1) is 20.0. The van der Waals surface area contributed by atoms with E-state index in [4.69, 9.17) is 0 Å². The van der Waals surface area contributed by atoms with Crippen molar-refractivity contribution in [3.05, 3.63) is 44.7 Å². The molecule has 2 aliphatic rings. The molecule has 2 N–H and O–H groups in total. The van der Waals surface area contributed by atoms with Gasteiger partial charge in [0.1, 0.15) is 5.56 Å². The second-order valence-corrected chi connectivity index (χ2v) is 8.14. The minimum atomic E-state index is -1.32. The third-order valence-electron chi connectivity index (χ3n) is 6.18. The van der Waals surface area contributed by atoms with E-state index in [1.54, 1.807) is 6.92 Å². The van der Waals surface area contributed by atoms with Gasteiger partial charge in [0.2, 0.25) is 5.43 Å². The quantitative estimate of drug-likeness (QED) is 0.733. The van der Waals surface area contributed by atoms with Crippen LogP contribution in [0.5, 0.6) is 0 Å². The summed E-state index contributed by atoms with van der Waals surface area (Å²) < 4.78 is 31.1. The highest BCUT2D eigenvalue weighted by molar-refractivity contribution is 5.95. The molecule has 4 rings (SSSR count). The van der Waals surface area contributed by atoms with E-state index in [2.05, 4.69) is 5.32 Å². The number of carboxylic acids is 1. The second-order valence-electron chi connectivity index (χ2n) is 8.14. The van der Waals surface area contributed by atoms with E-state index in [-0.39, 0.29) is 22.6 Å². The molecule has 7 heteroatoms. The number of pyridine rings is 1. The molecule has 1 aliphatic carbocycles. The molecule has 29 heavy (non-hydrogen) atoms. The van der Waals surface area contributed by atoms with Gasteiger partial charge >= 0.3 is 5.97 Å². The number of carbonyl (C=O) groups is 1. The van der Waals surface area contributed by atoms with Crippen LogP contribution in [-0.2, 0) is 12.8 Å². The molecule has 0 amide bonds. The van der Waals surface area contributed by atoms with Gasteiger partial charge in [0, 0.05) is 28.7 Å². The van der Waals surface area contributed by atoms with Gasteiger partial charge in [0.15, 0.2) is 11.6 Å². The summed E-state index contributed by atoms with van der Waals surface area (Å²) in [6, 6.07) is 1.30. The van der Waals surface area contributed by atoms with Crippen LogP contribution in [-0.4, -0.2) is 28.2 Å². The van der Waals surface area contributed by atoms with Crippen molar-refractivity contribution in [2.24, 2.45) is 0 Å². The number of hydrogen-bond acceptors (Lipinski definition) is 3. The molecular formula is C22H26F2N2O3. The lowest BCUT2D eigenvalue weighted by Crippen LogP contribution is -2.25. The Balaban J connectivity index is 1.89. The molecule has 1 aliphatic heterocycles. The van der Waals surface area contributed by atoms with Crippen molar-refractivity contribution in [2.45, 2.75) is 70.4 Å². The minimum Gasteiger partial charge on any atom is -0.477 e. The summed E-state index contributed by atoms with van der Waals surface area (Å²) in [5.74, 6) is -3.33. The van der Waals surface area contributed by atoms with Gasteiger partial charge in [-0.15, -0.1) is 0 Å². The summed E-state index contributed by atoms with van der Waals surface area (Å²) in [7, 11) is 0. The zero-order chi connectivity index (χ0) is 20.7. The van der Waals surface area contributed by atoms with Gasteiger partial charge < -0.3 is 15.0 Å². The van der Waals surface area contributed by atoms with Crippen LogP contribution in [0.1, 0.15) is 73.1 Å². The smallest absolute Gasteiger partial charge is 0.341 e. The normalized spacial score (nSPS) is 19.2. The highest BCUT2D eigenvalue weighted by atomic mass is 19.2. The molecule has 1 aromatic heterocycles. The van der Waals surface area contributed by atoms with E-state index in [1.165, 1.54) is 0 Å². The van der Waals surface area contributed by atoms with E-state index in [0.717, 1.165) is 44.7 Å². The van der Waals surface area contributed by atoms with E-state index in [1.807, 2.05) is 4.57 Å². The Bertz CT molecular complexity index is 1020. The van der Waals surface area contributed by atoms with Crippen LogP contribution in [0.15, 0.2) is 10.9 Å². The van der Waals surface area contributed by atoms with Crippen molar-refractivity contribution in [2.75, 3.05) is 6.54 Å². The number of benzene rings is 1. The third-order valence-corrected chi connectivity index (χ3v) is 6.18. The molecule has 0 bridgehead atoms. The SMILES string of the molecule is CCc1c(C(=O)O)c(=O)c2cc(F)c(F)c(CCC[C@@H]3CCCN3)c2n1C1CC1. The number of halogens is 2. The van der Waals surface area contributed by atoms with Crippen LogP contribution in [0, 0.1) is 11.6 Å². The van der Waals surface area contributed by atoms with Crippen LogP contribution >= 0.6 is 0 Å². The van der Waals surface area contributed by atoms with Crippen molar-refractivity contribution in [1.29, 1.82) is 0 Å². The molecule has 0 spiro atoms. The van der Waals surface area contributed by atoms with Gasteiger partial charge in [-0.1, -0.05) is 6.92 Å². The maximum atomic E-state index is 14.9. The Morgan fingerprint density at radius 3 is 2.66 bits per heavy atom. The Labute approximate surface area is 167 Å². The number of nitrogens with zero attached hydrogens (tertiary/aromatic N) is 1. The number of aromatic nitrogens is 1. The first-order valence-electron chi connectivity index (χ1n) is 10.5. The summed E-state index contributed by atoms with van der Waals surface area (Å²) in [5, 5.41) is 13.0. The van der Waals surface area contributed by atoms with Crippen LogP contribution < -0.4 is 10.7 Å². The summed E-state index contributed by atoms with van der Waals surface area (Å²) in [6.45, 7) is 2.78. The van der Waals surface area contributed by atoms with Crippen LogP contribution in [0.4, 0.5) is 8.78 Å². The lowest BCUT2D eigenvalue weighted by atomic mass is 9.97. The zero-order valence-electron chi connectivity index (χ0n) is 16.6.